The van der Waals surface area contributed by atoms with Gasteiger partial charge in [0.25, 0.3) is 0 Å². The van der Waals surface area contributed by atoms with E-state index in [0.717, 1.165) is 58.0 Å². The zero-order chi connectivity index (χ0) is 28.8. The molecule has 0 unspecified atom stereocenters. The van der Waals surface area contributed by atoms with Crippen LogP contribution in [0.3, 0.4) is 0 Å². The highest BCUT2D eigenvalue weighted by Crippen LogP contribution is 2.45. The fraction of sp³-hybridized carbons (Fsp3) is 0.364. The molecule has 0 bridgehead atoms. The minimum atomic E-state index is -0.135. The van der Waals surface area contributed by atoms with Gasteiger partial charge in [0, 0.05) is 42.6 Å². The predicted octanol–water partition coefficient (Wildman–Crippen LogP) is 7.51. The van der Waals surface area contributed by atoms with E-state index in [9.17, 15) is 0 Å². The molecule has 0 saturated carbocycles. The Morgan fingerprint density at radius 1 is 0.927 bits per heavy atom. The summed E-state index contributed by atoms with van der Waals surface area (Å²) in [5.74, 6) is 2.23. The van der Waals surface area contributed by atoms with Gasteiger partial charge in [-0.2, -0.15) is 0 Å². The maximum absolute atomic E-state index is 7.03. The molecule has 6 rings (SSSR count). The number of halogens is 1. The predicted molar refractivity (Wildman–Crippen MR) is 172 cm³/mol. The summed E-state index contributed by atoms with van der Waals surface area (Å²) in [4.78, 5) is 14.1. The number of benzene rings is 1. The molecule has 2 aliphatic heterocycles. The molecule has 0 spiro atoms. The van der Waals surface area contributed by atoms with E-state index < -0.39 is 0 Å². The van der Waals surface area contributed by atoms with Crippen LogP contribution >= 0.6 is 23.8 Å². The average molecular weight is 585 g/mol. The van der Waals surface area contributed by atoms with Crippen LogP contribution in [0.15, 0.2) is 67.0 Å². The Morgan fingerprint density at radius 3 is 2.37 bits per heavy atom. The maximum atomic E-state index is 7.03. The summed E-state index contributed by atoms with van der Waals surface area (Å²) in [5, 5.41) is 5.01. The summed E-state index contributed by atoms with van der Waals surface area (Å²) in [7, 11) is 0. The first kappa shape index (κ1) is 27.7. The van der Waals surface area contributed by atoms with Crippen molar-refractivity contribution >= 4 is 40.3 Å². The molecule has 0 aliphatic carbocycles. The number of nitrogens with zero attached hydrogens (tertiary/aromatic N) is 5. The fourth-order valence-electron chi connectivity index (χ4n) is 6.84. The lowest BCUT2D eigenvalue weighted by atomic mass is 9.91. The lowest BCUT2D eigenvalue weighted by molar-refractivity contribution is 0.357. The molecule has 2 saturated heterocycles. The van der Waals surface area contributed by atoms with Gasteiger partial charge in [-0.1, -0.05) is 37.6 Å². The van der Waals surface area contributed by atoms with E-state index in [-0.39, 0.29) is 12.1 Å². The Labute approximate surface area is 253 Å². The smallest absolute Gasteiger partial charge is 0.174 e. The van der Waals surface area contributed by atoms with Gasteiger partial charge in [0.2, 0.25) is 0 Å². The molecule has 4 aromatic rings. The van der Waals surface area contributed by atoms with Gasteiger partial charge in [-0.15, -0.1) is 0 Å². The summed E-state index contributed by atoms with van der Waals surface area (Å²) in [6.45, 7) is 13.1. The van der Waals surface area contributed by atoms with Crippen molar-refractivity contribution in [1.29, 1.82) is 0 Å². The molecule has 1 N–H and O–H groups in total. The molecular formula is C33H37ClN6S. The van der Waals surface area contributed by atoms with E-state index in [2.05, 4.69) is 90.7 Å². The van der Waals surface area contributed by atoms with E-state index in [0.29, 0.717) is 16.9 Å². The molecule has 6 nitrogen and oxygen atoms in total. The first-order valence-corrected chi connectivity index (χ1v) is 15.2. The molecule has 2 aliphatic rings. The number of rotatable bonds is 5. The molecule has 41 heavy (non-hydrogen) atoms. The molecule has 0 radical (unpaired) electrons. The van der Waals surface area contributed by atoms with Crippen molar-refractivity contribution in [3.63, 3.8) is 0 Å². The number of nitrogens with one attached hydrogen (secondary N) is 1. The van der Waals surface area contributed by atoms with Crippen LogP contribution in [-0.4, -0.2) is 32.7 Å². The van der Waals surface area contributed by atoms with Crippen molar-refractivity contribution < 1.29 is 0 Å². The van der Waals surface area contributed by atoms with Gasteiger partial charge >= 0.3 is 0 Å². The third-order valence-electron chi connectivity index (χ3n) is 8.50. The number of pyridine rings is 2. The van der Waals surface area contributed by atoms with E-state index in [1.807, 2.05) is 30.6 Å². The number of hydrogen-bond acceptors (Lipinski definition) is 4. The largest absolute Gasteiger partial charge is 0.370 e. The third-order valence-corrected chi connectivity index (χ3v) is 9.12. The molecule has 2 fully saturated rings. The Hall–Kier alpha value is -3.42. The second-order valence-corrected chi connectivity index (χ2v) is 12.6. The fourth-order valence-corrected chi connectivity index (χ4v) is 7.48. The lowest BCUT2D eigenvalue weighted by Crippen LogP contribution is -2.38. The van der Waals surface area contributed by atoms with Crippen LogP contribution in [0.4, 0.5) is 11.4 Å². The van der Waals surface area contributed by atoms with Gasteiger partial charge in [-0.3, -0.25) is 4.98 Å². The standard InChI is InChI=1S/C33H37ClN6S/c1-20-15-21(2)19-38(18-20)29-12-11-25(17-27(29)34)40-31(30(37-33(40)41)28-10-6-7-13-35-28)26-16-23(4)39(24(26)5)32-22(3)9-8-14-36-32/h6-14,16-17,20-21,30-31H,15,18-19H2,1-5H3,(H,37,41)/t20-,21-,30-,31+/m0/s1. The Bertz CT molecular complexity index is 1570. The second kappa shape index (κ2) is 11.1. The van der Waals surface area contributed by atoms with Gasteiger partial charge in [-0.25, -0.2) is 4.98 Å². The summed E-state index contributed by atoms with van der Waals surface area (Å²) in [6, 6.07) is 18.5. The van der Waals surface area contributed by atoms with Crippen molar-refractivity contribution in [2.24, 2.45) is 11.8 Å². The monoisotopic (exact) mass is 584 g/mol. The normalized spacial score (nSPS) is 22.7. The Morgan fingerprint density at radius 2 is 1.68 bits per heavy atom. The first-order chi connectivity index (χ1) is 19.7. The van der Waals surface area contributed by atoms with Gasteiger partial charge in [0.1, 0.15) is 5.82 Å². The van der Waals surface area contributed by atoms with Gasteiger partial charge < -0.3 is 19.7 Å². The van der Waals surface area contributed by atoms with Crippen LogP contribution in [0.25, 0.3) is 5.82 Å². The van der Waals surface area contributed by atoms with Crippen LogP contribution in [0.2, 0.25) is 5.02 Å². The van der Waals surface area contributed by atoms with Crippen molar-refractivity contribution in [1.82, 2.24) is 19.9 Å². The number of anilines is 2. The molecule has 212 valence electrons. The van der Waals surface area contributed by atoms with E-state index in [4.69, 9.17) is 33.8 Å². The van der Waals surface area contributed by atoms with Gasteiger partial charge in [-0.05, 0) is 105 Å². The zero-order valence-electron chi connectivity index (χ0n) is 24.3. The topological polar surface area (TPSA) is 49.2 Å². The summed E-state index contributed by atoms with van der Waals surface area (Å²) < 4.78 is 2.24. The van der Waals surface area contributed by atoms with Crippen molar-refractivity contribution in [3.8, 4) is 5.82 Å². The highest BCUT2D eigenvalue weighted by molar-refractivity contribution is 7.80. The molecule has 8 heteroatoms. The van der Waals surface area contributed by atoms with Gasteiger partial charge in [0.05, 0.1) is 28.5 Å². The van der Waals surface area contributed by atoms with Gasteiger partial charge in [0.15, 0.2) is 5.11 Å². The number of hydrogen-bond donors (Lipinski definition) is 1. The number of piperidine rings is 1. The highest BCUT2D eigenvalue weighted by atomic mass is 35.5. The minimum absolute atomic E-state index is 0.127. The average Bonchev–Trinajstić information content (AvgIpc) is 3.43. The van der Waals surface area contributed by atoms with E-state index in [1.54, 1.807) is 0 Å². The molecule has 4 atom stereocenters. The molecule has 3 aromatic heterocycles. The first-order valence-electron chi connectivity index (χ1n) is 14.4. The van der Waals surface area contributed by atoms with Crippen LogP contribution in [0, 0.1) is 32.6 Å². The number of aromatic nitrogens is 3. The molecule has 1 aromatic carbocycles. The SMILES string of the molecule is Cc1cccnc1-n1c(C)cc([C@@H]2[C@H](c3ccccn3)NC(=S)N2c2ccc(N3C[C@@H](C)C[C@H](C)C3)c(Cl)c2)c1C. The minimum Gasteiger partial charge on any atom is -0.370 e. The Kier molecular flexibility index (Phi) is 7.51. The molecule has 0 amide bonds. The third kappa shape index (κ3) is 5.10. The van der Waals surface area contributed by atoms with Crippen molar-refractivity contribution in [2.45, 2.75) is 53.1 Å². The number of thiocarbonyl (C=S) groups is 1. The summed E-state index contributed by atoms with van der Waals surface area (Å²) in [5.41, 5.74) is 7.56. The van der Waals surface area contributed by atoms with E-state index in [1.165, 1.54) is 12.0 Å². The molecular weight excluding hydrogens is 548 g/mol. The lowest BCUT2D eigenvalue weighted by Gasteiger charge is -2.37. The maximum Gasteiger partial charge on any atom is 0.174 e. The van der Waals surface area contributed by atoms with Crippen LogP contribution in [0.5, 0.6) is 0 Å². The zero-order valence-corrected chi connectivity index (χ0v) is 25.9. The van der Waals surface area contributed by atoms with Crippen molar-refractivity contribution in [2.75, 3.05) is 22.9 Å². The highest BCUT2D eigenvalue weighted by Gasteiger charge is 2.42. The molecule has 5 heterocycles. The second-order valence-electron chi connectivity index (χ2n) is 11.8. The van der Waals surface area contributed by atoms with E-state index >= 15 is 0 Å². The van der Waals surface area contributed by atoms with Crippen molar-refractivity contribution in [3.05, 3.63) is 100 Å². The van der Waals surface area contributed by atoms with Crippen LogP contribution < -0.4 is 15.1 Å². The van der Waals surface area contributed by atoms with Crippen LogP contribution in [0.1, 0.15) is 60.6 Å². The Balaban J connectivity index is 1.45. The quantitative estimate of drug-likeness (QED) is 0.245. The summed E-state index contributed by atoms with van der Waals surface area (Å²) >= 11 is 13.1. The summed E-state index contributed by atoms with van der Waals surface area (Å²) in [6.07, 6.45) is 4.95. The number of aryl methyl sites for hydroxylation is 2. The van der Waals surface area contributed by atoms with Crippen LogP contribution in [-0.2, 0) is 0 Å².